The van der Waals surface area contributed by atoms with Gasteiger partial charge in [0, 0.05) is 37.9 Å². The maximum Gasteiger partial charge on any atom is 0.274 e. The van der Waals surface area contributed by atoms with Gasteiger partial charge in [0.15, 0.2) is 5.69 Å². The third-order valence-electron chi connectivity index (χ3n) is 5.18. The van der Waals surface area contributed by atoms with Crippen LogP contribution in [0, 0.1) is 5.92 Å². The first-order chi connectivity index (χ1) is 13.0. The van der Waals surface area contributed by atoms with Gasteiger partial charge < -0.3 is 10.2 Å². The molecule has 1 aromatic heterocycles. The second-order valence-corrected chi connectivity index (χ2v) is 8.18. The minimum atomic E-state index is 0.0127. The van der Waals surface area contributed by atoms with E-state index in [0.717, 1.165) is 44.3 Å². The summed E-state index contributed by atoms with van der Waals surface area (Å²) < 4.78 is 2.08. The van der Waals surface area contributed by atoms with Gasteiger partial charge in [0.2, 0.25) is 0 Å². The van der Waals surface area contributed by atoms with Crippen molar-refractivity contribution in [3.8, 4) is 0 Å². The molecule has 1 amide bonds. The Morgan fingerprint density at radius 3 is 2.70 bits per heavy atom. The summed E-state index contributed by atoms with van der Waals surface area (Å²) >= 11 is 0. The van der Waals surface area contributed by atoms with E-state index in [1.807, 2.05) is 0 Å². The molecule has 1 aliphatic rings. The van der Waals surface area contributed by atoms with Gasteiger partial charge in [-0.3, -0.25) is 9.48 Å². The summed E-state index contributed by atoms with van der Waals surface area (Å²) in [7, 11) is 3.60. The number of carbonyl (C=O) groups is 1. The number of nitrogens with one attached hydrogen (secondary N) is 1. The molecular formula is C22H32N4O. The lowest BCUT2D eigenvalue weighted by Crippen LogP contribution is -2.36. The van der Waals surface area contributed by atoms with Crippen molar-refractivity contribution in [3.05, 3.63) is 52.8 Å². The van der Waals surface area contributed by atoms with Crippen molar-refractivity contribution >= 4 is 5.91 Å². The van der Waals surface area contributed by atoms with E-state index in [4.69, 9.17) is 5.10 Å². The van der Waals surface area contributed by atoms with E-state index >= 15 is 0 Å². The number of amides is 1. The van der Waals surface area contributed by atoms with Crippen LogP contribution >= 0.6 is 0 Å². The van der Waals surface area contributed by atoms with Crippen molar-refractivity contribution in [2.24, 2.45) is 5.92 Å². The smallest absolute Gasteiger partial charge is 0.274 e. The molecule has 1 aliphatic carbocycles. The normalized spacial score (nSPS) is 16.4. The third-order valence-corrected chi connectivity index (χ3v) is 5.18. The fourth-order valence-electron chi connectivity index (χ4n) is 3.81. The second kappa shape index (κ2) is 8.70. The monoisotopic (exact) mass is 368 g/mol. The number of benzene rings is 1. The van der Waals surface area contributed by atoms with E-state index in [0.29, 0.717) is 17.7 Å². The molecule has 146 valence electrons. The van der Waals surface area contributed by atoms with Crippen LogP contribution in [-0.4, -0.2) is 47.3 Å². The van der Waals surface area contributed by atoms with Crippen molar-refractivity contribution in [3.63, 3.8) is 0 Å². The van der Waals surface area contributed by atoms with Gasteiger partial charge >= 0.3 is 0 Å². The Labute approximate surface area is 162 Å². The molecule has 3 rings (SSSR count). The van der Waals surface area contributed by atoms with Gasteiger partial charge in [-0.2, -0.15) is 5.10 Å². The molecule has 1 aromatic carbocycles. The summed E-state index contributed by atoms with van der Waals surface area (Å²) in [5.74, 6) is 0.525. The van der Waals surface area contributed by atoms with Crippen molar-refractivity contribution < 1.29 is 4.79 Å². The van der Waals surface area contributed by atoms with E-state index < -0.39 is 0 Å². The first kappa shape index (κ1) is 19.6. The molecule has 0 saturated carbocycles. The first-order valence-corrected chi connectivity index (χ1v) is 10.0. The largest absolute Gasteiger partial charge is 0.343 e. The number of hydrogen-bond acceptors (Lipinski definition) is 3. The molecule has 1 heterocycles. The third kappa shape index (κ3) is 4.78. The molecule has 0 saturated heterocycles. The zero-order chi connectivity index (χ0) is 19.4. The zero-order valence-electron chi connectivity index (χ0n) is 17.0. The highest BCUT2D eigenvalue weighted by Crippen LogP contribution is 2.26. The van der Waals surface area contributed by atoms with Gasteiger partial charge in [-0.15, -0.1) is 0 Å². The van der Waals surface area contributed by atoms with Gasteiger partial charge in [-0.25, -0.2) is 0 Å². The highest BCUT2D eigenvalue weighted by Gasteiger charge is 2.29. The molecule has 0 fully saturated rings. The zero-order valence-corrected chi connectivity index (χ0v) is 17.0. The number of rotatable bonds is 7. The Morgan fingerprint density at radius 1 is 1.30 bits per heavy atom. The summed E-state index contributed by atoms with van der Waals surface area (Å²) in [6.07, 6.45) is 4.00. The molecule has 1 unspecified atom stereocenters. The highest BCUT2D eigenvalue weighted by molar-refractivity contribution is 5.93. The molecule has 1 N–H and O–H groups in total. The SMILES string of the molecule is CC(C)Cn1nc(C(=O)N(C)C)c2c1CCC(NCCc1ccccc1)C2. The average Bonchev–Trinajstić information content (AvgIpc) is 2.99. The van der Waals surface area contributed by atoms with Crippen LogP contribution in [0.1, 0.15) is 47.6 Å². The summed E-state index contributed by atoms with van der Waals surface area (Å²) in [5.41, 5.74) is 4.41. The lowest BCUT2D eigenvalue weighted by Gasteiger charge is -2.25. The molecule has 5 heteroatoms. The van der Waals surface area contributed by atoms with Gasteiger partial charge in [-0.05, 0) is 43.7 Å². The fourth-order valence-corrected chi connectivity index (χ4v) is 3.81. The Bertz CT molecular complexity index is 764. The van der Waals surface area contributed by atoms with Crippen molar-refractivity contribution in [1.29, 1.82) is 0 Å². The summed E-state index contributed by atoms with van der Waals surface area (Å²) in [6, 6.07) is 11.0. The molecule has 0 radical (unpaired) electrons. The van der Waals surface area contributed by atoms with E-state index in [-0.39, 0.29) is 5.91 Å². The molecular weight excluding hydrogens is 336 g/mol. The van der Waals surface area contributed by atoms with Crippen LogP contribution in [0.2, 0.25) is 0 Å². The van der Waals surface area contributed by atoms with Gasteiger partial charge in [-0.1, -0.05) is 44.2 Å². The quantitative estimate of drug-likeness (QED) is 0.817. The molecule has 0 aliphatic heterocycles. The minimum Gasteiger partial charge on any atom is -0.343 e. The van der Waals surface area contributed by atoms with E-state index in [9.17, 15) is 4.79 Å². The molecule has 1 atom stereocenters. The highest BCUT2D eigenvalue weighted by atomic mass is 16.2. The summed E-state index contributed by atoms with van der Waals surface area (Å²) in [4.78, 5) is 14.3. The van der Waals surface area contributed by atoms with Crippen LogP contribution in [0.25, 0.3) is 0 Å². The molecule has 0 bridgehead atoms. The number of carbonyl (C=O) groups excluding carboxylic acids is 1. The predicted octanol–water partition coefficient (Wildman–Crippen LogP) is 2.93. The van der Waals surface area contributed by atoms with Crippen molar-refractivity contribution in [1.82, 2.24) is 20.0 Å². The Kier molecular flexibility index (Phi) is 6.32. The van der Waals surface area contributed by atoms with Gasteiger partial charge in [0.25, 0.3) is 5.91 Å². The topological polar surface area (TPSA) is 50.2 Å². The molecule has 27 heavy (non-hydrogen) atoms. The molecule has 0 spiro atoms. The van der Waals surface area contributed by atoms with Crippen LogP contribution in [0.15, 0.2) is 30.3 Å². The van der Waals surface area contributed by atoms with Crippen molar-refractivity contribution in [2.75, 3.05) is 20.6 Å². The van der Waals surface area contributed by atoms with E-state index in [2.05, 4.69) is 54.2 Å². The Morgan fingerprint density at radius 2 is 2.04 bits per heavy atom. The second-order valence-electron chi connectivity index (χ2n) is 8.18. The number of aromatic nitrogens is 2. The van der Waals surface area contributed by atoms with Gasteiger partial charge in [0.05, 0.1) is 0 Å². The predicted molar refractivity (Wildman–Crippen MR) is 109 cm³/mol. The van der Waals surface area contributed by atoms with Crippen molar-refractivity contribution in [2.45, 2.75) is 52.1 Å². The van der Waals surface area contributed by atoms with Crippen LogP contribution in [0.3, 0.4) is 0 Å². The molecule has 2 aromatic rings. The summed E-state index contributed by atoms with van der Waals surface area (Å²) in [6.45, 7) is 6.22. The summed E-state index contributed by atoms with van der Waals surface area (Å²) in [5, 5.41) is 8.41. The van der Waals surface area contributed by atoms with Crippen LogP contribution in [-0.2, 0) is 25.8 Å². The Hall–Kier alpha value is -2.14. The molecule has 5 nitrogen and oxygen atoms in total. The van der Waals surface area contributed by atoms with E-state index in [1.54, 1.807) is 19.0 Å². The Balaban J connectivity index is 1.71. The first-order valence-electron chi connectivity index (χ1n) is 10.0. The van der Waals surface area contributed by atoms with Crippen LogP contribution in [0.4, 0.5) is 0 Å². The average molecular weight is 369 g/mol. The standard InChI is InChI=1S/C22H32N4O/c1-16(2)15-26-20-11-10-18(23-13-12-17-8-6-5-7-9-17)14-19(20)21(24-26)22(27)25(3)4/h5-9,16,18,23H,10-15H2,1-4H3. The fraction of sp³-hybridized carbons (Fsp3) is 0.545. The minimum absolute atomic E-state index is 0.0127. The number of hydrogen-bond donors (Lipinski definition) is 1. The maximum atomic E-state index is 12.7. The number of nitrogens with zero attached hydrogens (tertiary/aromatic N) is 3. The maximum absolute atomic E-state index is 12.7. The lowest BCUT2D eigenvalue weighted by molar-refractivity contribution is 0.0819. The van der Waals surface area contributed by atoms with Gasteiger partial charge in [0.1, 0.15) is 0 Å². The van der Waals surface area contributed by atoms with E-state index in [1.165, 1.54) is 11.3 Å². The number of fused-ring (bicyclic) bond motifs is 1. The lowest BCUT2D eigenvalue weighted by atomic mass is 9.91. The van der Waals surface area contributed by atoms with Crippen LogP contribution < -0.4 is 5.32 Å². The van der Waals surface area contributed by atoms with Crippen LogP contribution in [0.5, 0.6) is 0 Å².